The molecule has 1 aliphatic heterocycles. The molecule has 0 N–H and O–H groups in total. The molecular weight excluding hydrogens is 375 g/mol. The Morgan fingerprint density at radius 3 is 2.18 bits per heavy atom. The Bertz CT molecular complexity index is 644. The van der Waals surface area contributed by atoms with E-state index in [1.165, 1.54) is 64.2 Å². The van der Waals surface area contributed by atoms with E-state index in [0.29, 0.717) is 30.4 Å². The van der Waals surface area contributed by atoms with Crippen LogP contribution in [0.25, 0.3) is 0 Å². The number of benzene rings is 1. The lowest BCUT2D eigenvalue weighted by Gasteiger charge is -2.37. The Morgan fingerprint density at radius 2 is 1.61 bits per heavy atom. The lowest BCUT2D eigenvalue weighted by Crippen LogP contribution is -2.27. The SMILES string of the molecule is CCCC1CCC(C2CCC(COc3ccc(C4CO4)c(F)c3Cl)CC2)CC1. The standard InChI is InChI=1S/C24H34ClFO2/c1-2-3-16-4-8-18(9-5-16)19-10-6-17(7-11-19)14-27-21-13-12-20(22-15-28-22)24(26)23(21)25/h12-13,16-19,22H,2-11,14-15H2,1H3. The monoisotopic (exact) mass is 408 g/mol. The molecule has 1 aromatic carbocycles. The van der Waals surface area contributed by atoms with E-state index in [1.807, 2.05) is 0 Å². The fourth-order valence-electron chi connectivity index (χ4n) is 5.52. The van der Waals surface area contributed by atoms with E-state index in [9.17, 15) is 4.39 Å². The van der Waals surface area contributed by atoms with Crippen molar-refractivity contribution in [3.8, 4) is 5.75 Å². The van der Waals surface area contributed by atoms with Gasteiger partial charge in [0, 0.05) is 5.56 Å². The maximum atomic E-state index is 14.4. The second-order valence-corrected chi connectivity index (χ2v) is 9.64. The normalized spacial score (nSPS) is 32.9. The topological polar surface area (TPSA) is 21.8 Å². The molecule has 1 aromatic rings. The zero-order chi connectivity index (χ0) is 19.5. The first-order valence-corrected chi connectivity index (χ1v) is 11.8. The van der Waals surface area contributed by atoms with Crippen molar-refractivity contribution in [3.63, 3.8) is 0 Å². The Morgan fingerprint density at radius 1 is 1.00 bits per heavy atom. The molecule has 1 unspecified atom stereocenters. The minimum Gasteiger partial charge on any atom is -0.492 e. The molecule has 28 heavy (non-hydrogen) atoms. The van der Waals surface area contributed by atoms with E-state index >= 15 is 0 Å². The summed E-state index contributed by atoms with van der Waals surface area (Å²) in [6.07, 6.45) is 13.6. The Hall–Kier alpha value is -0.800. The highest BCUT2D eigenvalue weighted by atomic mass is 35.5. The van der Waals surface area contributed by atoms with E-state index in [1.54, 1.807) is 12.1 Å². The summed E-state index contributed by atoms with van der Waals surface area (Å²) >= 11 is 6.19. The Kier molecular flexibility index (Phi) is 6.83. The zero-order valence-electron chi connectivity index (χ0n) is 17.1. The maximum absolute atomic E-state index is 14.4. The molecule has 2 nitrogen and oxygen atoms in total. The van der Waals surface area contributed by atoms with Crippen LogP contribution in [-0.2, 0) is 4.74 Å². The third-order valence-electron chi connectivity index (χ3n) is 7.38. The number of hydrogen-bond donors (Lipinski definition) is 0. The van der Waals surface area contributed by atoms with Crippen molar-refractivity contribution < 1.29 is 13.9 Å². The van der Waals surface area contributed by atoms with Crippen LogP contribution >= 0.6 is 11.6 Å². The minimum absolute atomic E-state index is 0.102. The van der Waals surface area contributed by atoms with E-state index in [0.717, 1.165) is 17.8 Å². The Balaban J connectivity index is 1.21. The molecule has 2 aliphatic carbocycles. The van der Waals surface area contributed by atoms with Gasteiger partial charge in [0.1, 0.15) is 16.9 Å². The minimum atomic E-state index is -0.385. The highest BCUT2D eigenvalue weighted by molar-refractivity contribution is 6.32. The largest absolute Gasteiger partial charge is 0.492 e. The van der Waals surface area contributed by atoms with Crippen molar-refractivity contribution in [2.45, 2.75) is 77.2 Å². The number of epoxide rings is 1. The van der Waals surface area contributed by atoms with Crippen LogP contribution in [0.4, 0.5) is 4.39 Å². The summed E-state index contributed by atoms with van der Waals surface area (Å²) in [5, 5.41) is 0.102. The van der Waals surface area contributed by atoms with Crippen molar-refractivity contribution in [3.05, 3.63) is 28.5 Å². The van der Waals surface area contributed by atoms with Crippen LogP contribution in [0.1, 0.15) is 82.8 Å². The van der Waals surface area contributed by atoms with Gasteiger partial charge >= 0.3 is 0 Å². The quantitative estimate of drug-likeness (QED) is 0.440. The molecule has 0 bridgehead atoms. The summed E-state index contributed by atoms with van der Waals surface area (Å²) in [4.78, 5) is 0. The average Bonchev–Trinajstić information content (AvgIpc) is 3.56. The molecule has 3 fully saturated rings. The summed E-state index contributed by atoms with van der Waals surface area (Å²) in [6, 6.07) is 3.54. The second kappa shape index (κ2) is 9.34. The van der Waals surface area contributed by atoms with Crippen LogP contribution in [0.5, 0.6) is 5.75 Å². The van der Waals surface area contributed by atoms with Gasteiger partial charge in [-0.3, -0.25) is 0 Å². The fourth-order valence-corrected chi connectivity index (χ4v) is 5.75. The zero-order valence-corrected chi connectivity index (χ0v) is 17.9. The molecular formula is C24H34ClFO2. The van der Waals surface area contributed by atoms with Crippen LogP contribution in [-0.4, -0.2) is 13.2 Å². The Labute approximate surface area is 174 Å². The van der Waals surface area contributed by atoms with Crippen molar-refractivity contribution in [1.82, 2.24) is 0 Å². The lowest BCUT2D eigenvalue weighted by molar-refractivity contribution is 0.122. The molecule has 156 valence electrons. The molecule has 0 aromatic heterocycles. The maximum Gasteiger partial charge on any atom is 0.151 e. The molecule has 1 heterocycles. The number of hydrogen-bond acceptors (Lipinski definition) is 2. The van der Waals surface area contributed by atoms with Crippen LogP contribution in [0.2, 0.25) is 5.02 Å². The van der Waals surface area contributed by atoms with E-state index in [4.69, 9.17) is 21.1 Å². The van der Waals surface area contributed by atoms with Crippen LogP contribution in [0.15, 0.2) is 12.1 Å². The van der Waals surface area contributed by atoms with E-state index < -0.39 is 0 Å². The molecule has 1 saturated heterocycles. The summed E-state index contributed by atoms with van der Waals surface area (Å²) < 4.78 is 25.4. The van der Waals surface area contributed by atoms with Crippen molar-refractivity contribution >= 4 is 11.6 Å². The lowest BCUT2D eigenvalue weighted by atomic mass is 9.69. The third kappa shape index (κ3) is 4.84. The molecule has 3 aliphatic rings. The molecule has 1 atom stereocenters. The van der Waals surface area contributed by atoms with Crippen LogP contribution in [0.3, 0.4) is 0 Å². The first-order valence-electron chi connectivity index (χ1n) is 11.4. The molecule has 4 heteroatoms. The van der Waals surface area contributed by atoms with Crippen LogP contribution < -0.4 is 4.74 Å². The first kappa shape index (κ1) is 20.5. The number of rotatable bonds is 7. The third-order valence-corrected chi connectivity index (χ3v) is 7.73. The highest BCUT2D eigenvalue weighted by Crippen LogP contribution is 2.43. The molecule has 0 radical (unpaired) electrons. The average molecular weight is 409 g/mol. The van der Waals surface area contributed by atoms with Gasteiger partial charge in [0.2, 0.25) is 0 Å². The summed E-state index contributed by atoms with van der Waals surface area (Å²) in [6.45, 7) is 3.54. The highest BCUT2D eigenvalue weighted by Gasteiger charge is 2.32. The van der Waals surface area contributed by atoms with E-state index in [2.05, 4.69) is 6.92 Å². The van der Waals surface area contributed by atoms with Gasteiger partial charge in [0.15, 0.2) is 5.82 Å². The molecule has 4 rings (SSSR count). The van der Waals surface area contributed by atoms with Gasteiger partial charge in [-0.2, -0.15) is 0 Å². The van der Waals surface area contributed by atoms with Gasteiger partial charge in [0.25, 0.3) is 0 Å². The first-order chi connectivity index (χ1) is 13.7. The number of ether oxygens (including phenoxy) is 2. The molecule has 2 saturated carbocycles. The van der Waals surface area contributed by atoms with Gasteiger partial charge in [-0.05, 0) is 74.3 Å². The second-order valence-electron chi connectivity index (χ2n) is 9.26. The van der Waals surface area contributed by atoms with Gasteiger partial charge < -0.3 is 9.47 Å². The van der Waals surface area contributed by atoms with Gasteiger partial charge in [-0.25, -0.2) is 4.39 Å². The van der Waals surface area contributed by atoms with Gasteiger partial charge in [0.05, 0.1) is 13.2 Å². The summed E-state index contributed by atoms with van der Waals surface area (Å²) in [7, 11) is 0. The van der Waals surface area contributed by atoms with Gasteiger partial charge in [-0.1, -0.05) is 44.2 Å². The molecule has 0 amide bonds. The van der Waals surface area contributed by atoms with Crippen molar-refractivity contribution in [2.75, 3.05) is 13.2 Å². The molecule has 0 spiro atoms. The van der Waals surface area contributed by atoms with Gasteiger partial charge in [-0.15, -0.1) is 0 Å². The summed E-state index contributed by atoms with van der Waals surface area (Å²) in [5.74, 6) is 3.52. The predicted molar refractivity (Wildman–Crippen MR) is 111 cm³/mol. The van der Waals surface area contributed by atoms with Crippen molar-refractivity contribution in [2.24, 2.45) is 23.7 Å². The van der Waals surface area contributed by atoms with E-state index in [-0.39, 0.29) is 16.9 Å². The number of halogens is 2. The predicted octanol–water partition coefficient (Wildman–Crippen LogP) is 7.34. The summed E-state index contributed by atoms with van der Waals surface area (Å²) in [5.41, 5.74) is 0.548. The van der Waals surface area contributed by atoms with Crippen molar-refractivity contribution in [1.29, 1.82) is 0 Å². The van der Waals surface area contributed by atoms with Crippen LogP contribution in [0, 0.1) is 29.5 Å². The fraction of sp³-hybridized carbons (Fsp3) is 0.750. The smallest absolute Gasteiger partial charge is 0.151 e.